The third-order valence-electron chi connectivity index (χ3n) is 3.44. The number of benzene rings is 1. The van der Waals surface area contributed by atoms with Crippen LogP contribution in [-0.2, 0) is 17.5 Å². The van der Waals surface area contributed by atoms with Gasteiger partial charge in [-0.1, -0.05) is 43.3 Å². The Morgan fingerprint density at radius 3 is 2.33 bits per heavy atom. The van der Waals surface area contributed by atoms with Crippen LogP contribution in [-0.4, -0.2) is 27.5 Å². The second-order valence-corrected chi connectivity index (χ2v) is 5.62. The number of carbonyl (C=O) groups is 1. The van der Waals surface area contributed by atoms with Crippen LogP contribution >= 0.6 is 0 Å². The Bertz CT molecular complexity index is 693. The summed E-state index contributed by atoms with van der Waals surface area (Å²) in [5, 5.41) is 3.34. The molecule has 0 fully saturated rings. The molecule has 0 N–H and O–H groups in total. The van der Waals surface area contributed by atoms with E-state index in [1.807, 2.05) is 20.8 Å². The third kappa shape index (κ3) is 4.12. The maximum atomic E-state index is 12.5. The maximum absolute atomic E-state index is 12.5. The first kappa shape index (κ1) is 18.0. The second kappa shape index (κ2) is 7.02. The third-order valence-corrected chi connectivity index (χ3v) is 3.44. The number of halogens is 3. The minimum Gasteiger partial charge on any atom is -0.338 e. The number of hydrogen-bond acceptors (Lipinski definition) is 4. The van der Waals surface area contributed by atoms with E-state index in [2.05, 4.69) is 14.7 Å². The highest BCUT2D eigenvalue weighted by molar-refractivity contribution is 5.78. The molecule has 130 valence electrons. The second-order valence-electron chi connectivity index (χ2n) is 5.62. The molecule has 1 aromatic heterocycles. The molecule has 0 aliphatic heterocycles. The molecular formula is C16H18F3N3O2. The molecule has 0 aliphatic rings. The fourth-order valence-corrected chi connectivity index (χ4v) is 2.15. The van der Waals surface area contributed by atoms with E-state index in [1.165, 1.54) is 0 Å². The first-order valence-electron chi connectivity index (χ1n) is 7.51. The van der Waals surface area contributed by atoms with Gasteiger partial charge in [-0.3, -0.25) is 4.79 Å². The SMILES string of the molecule is CCN(Cc1ccc(-c2noc(C(F)(F)F)n2)cc1)C(=O)C(C)C. The number of nitrogens with zero attached hydrogens (tertiary/aromatic N) is 3. The van der Waals surface area contributed by atoms with Crippen molar-refractivity contribution in [2.24, 2.45) is 5.92 Å². The van der Waals surface area contributed by atoms with E-state index in [0.29, 0.717) is 18.7 Å². The fourth-order valence-electron chi connectivity index (χ4n) is 2.15. The minimum absolute atomic E-state index is 0.0505. The molecule has 8 heteroatoms. The van der Waals surface area contributed by atoms with Gasteiger partial charge in [0.05, 0.1) is 0 Å². The van der Waals surface area contributed by atoms with Crippen LogP contribution in [0, 0.1) is 5.92 Å². The van der Waals surface area contributed by atoms with Crippen LogP contribution in [0.5, 0.6) is 0 Å². The summed E-state index contributed by atoms with van der Waals surface area (Å²) in [7, 11) is 0. The number of alkyl halides is 3. The topological polar surface area (TPSA) is 59.2 Å². The molecule has 0 aliphatic carbocycles. The van der Waals surface area contributed by atoms with Gasteiger partial charge in [-0.2, -0.15) is 18.2 Å². The smallest absolute Gasteiger partial charge is 0.338 e. The summed E-state index contributed by atoms with van der Waals surface area (Å²) in [6.45, 7) is 6.59. The highest BCUT2D eigenvalue weighted by atomic mass is 19.4. The van der Waals surface area contributed by atoms with Crippen molar-refractivity contribution in [2.75, 3.05) is 6.54 Å². The molecule has 0 saturated heterocycles. The predicted molar refractivity (Wildman–Crippen MR) is 80.7 cm³/mol. The van der Waals surface area contributed by atoms with Crippen LogP contribution in [0.4, 0.5) is 13.2 Å². The first-order chi connectivity index (χ1) is 11.2. The molecule has 0 atom stereocenters. The molecule has 2 aromatic rings. The van der Waals surface area contributed by atoms with Crippen LogP contribution in [0.3, 0.4) is 0 Å². The predicted octanol–water partition coefficient (Wildman–Crippen LogP) is 3.76. The molecule has 0 bridgehead atoms. The van der Waals surface area contributed by atoms with Gasteiger partial charge in [0, 0.05) is 24.6 Å². The van der Waals surface area contributed by atoms with Gasteiger partial charge in [-0.05, 0) is 12.5 Å². The Kier molecular flexibility index (Phi) is 5.26. The Morgan fingerprint density at radius 2 is 1.88 bits per heavy atom. The molecule has 0 radical (unpaired) electrons. The van der Waals surface area contributed by atoms with Crippen LogP contribution in [0.1, 0.15) is 32.2 Å². The zero-order chi connectivity index (χ0) is 17.9. The molecule has 0 unspecified atom stereocenters. The van der Waals surface area contributed by atoms with Gasteiger partial charge in [-0.15, -0.1) is 0 Å². The van der Waals surface area contributed by atoms with Gasteiger partial charge in [0.25, 0.3) is 0 Å². The van der Waals surface area contributed by atoms with E-state index >= 15 is 0 Å². The number of rotatable bonds is 5. The molecule has 24 heavy (non-hydrogen) atoms. The Hall–Kier alpha value is -2.38. The van der Waals surface area contributed by atoms with Crippen LogP contribution < -0.4 is 0 Å². The van der Waals surface area contributed by atoms with Crippen molar-refractivity contribution in [3.05, 3.63) is 35.7 Å². The number of hydrogen-bond donors (Lipinski definition) is 0. The van der Waals surface area contributed by atoms with Crippen molar-refractivity contribution in [3.8, 4) is 11.4 Å². The van der Waals surface area contributed by atoms with E-state index in [0.717, 1.165) is 5.56 Å². The number of carbonyl (C=O) groups excluding carboxylic acids is 1. The summed E-state index contributed by atoms with van der Waals surface area (Å²) in [6.07, 6.45) is -4.66. The largest absolute Gasteiger partial charge is 0.471 e. The zero-order valence-electron chi connectivity index (χ0n) is 13.6. The van der Waals surface area contributed by atoms with Crippen molar-refractivity contribution in [2.45, 2.75) is 33.5 Å². The van der Waals surface area contributed by atoms with E-state index in [4.69, 9.17) is 0 Å². The monoisotopic (exact) mass is 341 g/mol. The van der Waals surface area contributed by atoms with Gasteiger partial charge in [0.15, 0.2) is 0 Å². The number of aromatic nitrogens is 2. The lowest BCUT2D eigenvalue weighted by Gasteiger charge is -2.23. The lowest BCUT2D eigenvalue weighted by Crippen LogP contribution is -2.33. The lowest BCUT2D eigenvalue weighted by atomic mass is 10.1. The summed E-state index contributed by atoms with van der Waals surface area (Å²) in [6, 6.07) is 6.67. The molecule has 1 heterocycles. The van der Waals surface area contributed by atoms with Crippen molar-refractivity contribution in [1.29, 1.82) is 0 Å². The molecular weight excluding hydrogens is 323 g/mol. The lowest BCUT2D eigenvalue weighted by molar-refractivity contribution is -0.159. The molecule has 5 nitrogen and oxygen atoms in total. The highest BCUT2D eigenvalue weighted by Gasteiger charge is 2.38. The highest BCUT2D eigenvalue weighted by Crippen LogP contribution is 2.29. The van der Waals surface area contributed by atoms with E-state index < -0.39 is 12.1 Å². The molecule has 0 saturated carbocycles. The van der Waals surface area contributed by atoms with Gasteiger partial charge in [0.1, 0.15) is 0 Å². The first-order valence-corrected chi connectivity index (χ1v) is 7.51. The maximum Gasteiger partial charge on any atom is 0.471 e. The minimum atomic E-state index is -4.66. The summed E-state index contributed by atoms with van der Waals surface area (Å²) < 4.78 is 41.6. The van der Waals surface area contributed by atoms with Crippen molar-refractivity contribution < 1.29 is 22.5 Å². The molecule has 0 spiro atoms. The van der Waals surface area contributed by atoms with E-state index in [1.54, 1.807) is 29.2 Å². The molecule has 1 aromatic carbocycles. The Labute approximate surface area is 137 Å². The number of amides is 1. The normalized spacial score (nSPS) is 11.8. The Balaban J connectivity index is 2.13. The summed E-state index contributed by atoms with van der Waals surface area (Å²) in [5.41, 5.74) is 1.28. The van der Waals surface area contributed by atoms with Crippen LogP contribution in [0.15, 0.2) is 28.8 Å². The average Bonchev–Trinajstić information content (AvgIpc) is 3.02. The zero-order valence-corrected chi connectivity index (χ0v) is 13.6. The summed E-state index contributed by atoms with van der Waals surface area (Å²) in [5.74, 6) is -1.54. The van der Waals surface area contributed by atoms with Crippen LogP contribution in [0.2, 0.25) is 0 Å². The van der Waals surface area contributed by atoms with Crippen molar-refractivity contribution >= 4 is 5.91 Å². The van der Waals surface area contributed by atoms with Gasteiger partial charge >= 0.3 is 12.1 Å². The van der Waals surface area contributed by atoms with Gasteiger partial charge in [0.2, 0.25) is 11.7 Å². The van der Waals surface area contributed by atoms with Crippen molar-refractivity contribution in [3.63, 3.8) is 0 Å². The Morgan fingerprint density at radius 1 is 1.25 bits per heavy atom. The van der Waals surface area contributed by atoms with Gasteiger partial charge in [-0.25, -0.2) is 0 Å². The molecule has 2 rings (SSSR count). The summed E-state index contributed by atoms with van der Waals surface area (Å²) in [4.78, 5) is 17.1. The van der Waals surface area contributed by atoms with Gasteiger partial charge < -0.3 is 9.42 Å². The van der Waals surface area contributed by atoms with Crippen molar-refractivity contribution in [1.82, 2.24) is 15.0 Å². The molecule has 1 amide bonds. The quantitative estimate of drug-likeness (QED) is 0.831. The van der Waals surface area contributed by atoms with E-state index in [-0.39, 0.29) is 17.6 Å². The summed E-state index contributed by atoms with van der Waals surface area (Å²) >= 11 is 0. The fraction of sp³-hybridized carbons (Fsp3) is 0.438. The standard InChI is InChI=1S/C16H18F3N3O2/c1-4-22(14(23)10(2)3)9-11-5-7-12(8-6-11)13-20-15(24-21-13)16(17,18)19/h5-8,10H,4,9H2,1-3H3. The van der Waals surface area contributed by atoms with E-state index in [9.17, 15) is 18.0 Å². The average molecular weight is 341 g/mol. The van der Waals surface area contributed by atoms with Crippen LogP contribution in [0.25, 0.3) is 11.4 Å².